The average Bonchev–Trinajstić information content (AvgIpc) is 2.62. The van der Waals surface area contributed by atoms with E-state index in [2.05, 4.69) is 5.32 Å². The molecule has 0 spiro atoms. The summed E-state index contributed by atoms with van der Waals surface area (Å²) in [5.41, 5.74) is 4.44. The topological polar surface area (TPSA) is 66.5 Å². The quantitative estimate of drug-likeness (QED) is 0.760. The molecule has 0 aromatic heterocycles. The predicted molar refractivity (Wildman–Crippen MR) is 115 cm³/mol. The minimum atomic E-state index is -3.64. The number of nitrogens with zero attached hydrogens (tertiary/aromatic N) is 1. The Morgan fingerprint density at radius 1 is 1.04 bits per heavy atom. The second-order valence-electron chi connectivity index (χ2n) is 7.40. The van der Waals surface area contributed by atoms with Crippen molar-refractivity contribution in [3.05, 3.63) is 64.7 Å². The van der Waals surface area contributed by atoms with Gasteiger partial charge in [0.2, 0.25) is 15.9 Å². The van der Waals surface area contributed by atoms with Gasteiger partial charge >= 0.3 is 0 Å². The molecule has 2 atom stereocenters. The molecule has 2 rings (SSSR count). The van der Waals surface area contributed by atoms with E-state index in [9.17, 15) is 13.2 Å². The third-order valence-corrected chi connectivity index (χ3v) is 6.12. The van der Waals surface area contributed by atoms with Crippen LogP contribution in [-0.2, 0) is 14.8 Å². The summed E-state index contributed by atoms with van der Waals surface area (Å²) in [6, 6.07) is 12.6. The van der Waals surface area contributed by atoms with Crippen LogP contribution in [0.1, 0.15) is 48.6 Å². The lowest BCUT2D eigenvalue weighted by Crippen LogP contribution is -2.48. The van der Waals surface area contributed by atoms with Crippen LogP contribution >= 0.6 is 0 Å². The molecule has 6 heteroatoms. The molecule has 0 fully saturated rings. The third kappa shape index (κ3) is 5.13. The molecule has 152 valence electrons. The van der Waals surface area contributed by atoms with Crippen molar-refractivity contribution in [2.75, 3.05) is 10.6 Å². The number of nitrogens with one attached hydrogen (secondary N) is 1. The van der Waals surface area contributed by atoms with Crippen LogP contribution in [0.3, 0.4) is 0 Å². The van der Waals surface area contributed by atoms with Gasteiger partial charge < -0.3 is 5.32 Å². The van der Waals surface area contributed by atoms with Crippen molar-refractivity contribution in [3.8, 4) is 0 Å². The summed E-state index contributed by atoms with van der Waals surface area (Å²) in [4.78, 5) is 13.0. The molecule has 0 heterocycles. The van der Waals surface area contributed by atoms with Crippen molar-refractivity contribution in [1.82, 2.24) is 5.32 Å². The summed E-state index contributed by atoms with van der Waals surface area (Å²) < 4.78 is 26.3. The van der Waals surface area contributed by atoms with E-state index in [1.54, 1.807) is 13.0 Å². The fraction of sp³-hybridized carbons (Fsp3) is 0.409. The van der Waals surface area contributed by atoms with Crippen molar-refractivity contribution in [3.63, 3.8) is 0 Å². The van der Waals surface area contributed by atoms with E-state index in [0.29, 0.717) is 12.1 Å². The Balaban J connectivity index is 2.33. The lowest BCUT2D eigenvalue weighted by molar-refractivity contribution is -0.122. The number of hydrogen-bond donors (Lipinski definition) is 1. The molecule has 5 nitrogen and oxygen atoms in total. The highest BCUT2D eigenvalue weighted by Gasteiger charge is 2.31. The molecule has 28 heavy (non-hydrogen) atoms. The zero-order chi connectivity index (χ0) is 21.1. The van der Waals surface area contributed by atoms with Gasteiger partial charge in [0.05, 0.1) is 18.0 Å². The van der Waals surface area contributed by atoms with Gasteiger partial charge in [0.15, 0.2) is 0 Å². The summed E-state index contributed by atoms with van der Waals surface area (Å²) in [6.45, 7) is 9.38. The molecule has 0 saturated heterocycles. The molecule has 2 aromatic carbocycles. The van der Waals surface area contributed by atoms with Gasteiger partial charge in [-0.1, -0.05) is 48.9 Å². The van der Waals surface area contributed by atoms with Crippen molar-refractivity contribution in [2.24, 2.45) is 0 Å². The van der Waals surface area contributed by atoms with Crippen LogP contribution < -0.4 is 9.62 Å². The van der Waals surface area contributed by atoms with Crippen LogP contribution in [0.15, 0.2) is 42.5 Å². The average molecular weight is 403 g/mol. The van der Waals surface area contributed by atoms with Crippen molar-refractivity contribution in [1.29, 1.82) is 0 Å². The van der Waals surface area contributed by atoms with Crippen LogP contribution in [0.25, 0.3) is 0 Å². The van der Waals surface area contributed by atoms with Crippen LogP contribution in [0.5, 0.6) is 0 Å². The minimum absolute atomic E-state index is 0.171. The fourth-order valence-electron chi connectivity index (χ4n) is 3.25. The molecule has 0 aliphatic carbocycles. The van der Waals surface area contributed by atoms with Crippen molar-refractivity contribution < 1.29 is 13.2 Å². The Morgan fingerprint density at radius 2 is 1.61 bits per heavy atom. The van der Waals surface area contributed by atoms with Crippen LogP contribution in [0, 0.1) is 20.8 Å². The Labute approximate surface area is 168 Å². The monoisotopic (exact) mass is 402 g/mol. The predicted octanol–water partition coefficient (Wildman–Crippen LogP) is 4.03. The number of amides is 1. The van der Waals surface area contributed by atoms with Gasteiger partial charge in [-0.05, 0) is 56.9 Å². The van der Waals surface area contributed by atoms with Gasteiger partial charge in [-0.15, -0.1) is 0 Å². The molecule has 1 amide bonds. The van der Waals surface area contributed by atoms with Crippen molar-refractivity contribution >= 4 is 21.6 Å². The largest absolute Gasteiger partial charge is 0.347 e. The summed E-state index contributed by atoms with van der Waals surface area (Å²) >= 11 is 0. The van der Waals surface area contributed by atoms with E-state index in [4.69, 9.17) is 0 Å². The summed E-state index contributed by atoms with van der Waals surface area (Å²) in [5.74, 6) is -0.321. The molecule has 0 bridgehead atoms. The lowest BCUT2D eigenvalue weighted by Gasteiger charge is -2.31. The molecular weight excluding hydrogens is 372 g/mol. The van der Waals surface area contributed by atoms with E-state index >= 15 is 0 Å². The van der Waals surface area contributed by atoms with E-state index in [1.165, 1.54) is 4.31 Å². The van der Waals surface area contributed by atoms with E-state index < -0.39 is 16.1 Å². The first-order valence-corrected chi connectivity index (χ1v) is 11.3. The standard InChI is InChI=1S/C22H30N2O3S/c1-7-20(19-12-9-15(2)10-13-19)23-22(25)18(5)24(28(6,26)27)21-14-16(3)8-11-17(21)4/h8-14,18,20H,7H2,1-6H3,(H,23,25)/t18-,20-/m0/s1. The Hall–Kier alpha value is -2.34. The second kappa shape index (κ2) is 8.78. The fourth-order valence-corrected chi connectivity index (χ4v) is 4.47. The number of aryl methyl sites for hydroxylation is 3. The molecule has 1 N–H and O–H groups in total. The number of benzene rings is 2. The van der Waals surface area contributed by atoms with Gasteiger partial charge in [-0.3, -0.25) is 9.10 Å². The highest BCUT2D eigenvalue weighted by molar-refractivity contribution is 7.92. The van der Waals surface area contributed by atoms with E-state index in [-0.39, 0.29) is 11.9 Å². The van der Waals surface area contributed by atoms with Gasteiger partial charge in [0, 0.05) is 0 Å². The first-order valence-electron chi connectivity index (χ1n) is 9.48. The maximum atomic E-state index is 13.0. The zero-order valence-electron chi connectivity index (χ0n) is 17.5. The first-order chi connectivity index (χ1) is 13.0. The summed E-state index contributed by atoms with van der Waals surface area (Å²) in [6.07, 6.45) is 1.85. The number of sulfonamides is 1. The molecule has 0 aliphatic rings. The molecular formula is C22H30N2O3S. The molecule has 0 aliphatic heterocycles. The normalized spacial score (nSPS) is 13.6. The maximum Gasteiger partial charge on any atom is 0.244 e. The number of carbonyl (C=O) groups excluding carboxylic acids is 1. The highest BCUT2D eigenvalue weighted by Crippen LogP contribution is 2.27. The Morgan fingerprint density at radius 3 is 2.14 bits per heavy atom. The number of carbonyl (C=O) groups is 1. The molecule has 0 radical (unpaired) electrons. The molecule has 0 unspecified atom stereocenters. The Bertz CT molecular complexity index is 937. The third-order valence-electron chi connectivity index (χ3n) is 4.90. The SMILES string of the molecule is CC[C@H](NC(=O)[C@H](C)N(c1cc(C)ccc1C)S(C)(=O)=O)c1ccc(C)cc1. The van der Waals surface area contributed by atoms with E-state index in [1.807, 2.05) is 64.1 Å². The van der Waals surface area contributed by atoms with Gasteiger partial charge in [-0.25, -0.2) is 8.42 Å². The molecule has 0 saturated carbocycles. The van der Waals surface area contributed by atoms with Gasteiger partial charge in [0.25, 0.3) is 0 Å². The van der Waals surface area contributed by atoms with Gasteiger partial charge in [0.1, 0.15) is 6.04 Å². The van der Waals surface area contributed by atoms with Crippen LogP contribution in [-0.4, -0.2) is 26.6 Å². The van der Waals surface area contributed by atoms with Crippen molar-refractivity contribution in [2.45, 2.75) is 53.1 Å². The highest BCUT2D eigenvalue weighted by atomic mass is 32.2. The summed E-state index contributed by atoms with van der Waals surface area (Å²) in [7, 11) is -3.64. The summed E-state index contributed by atoms with van der Waals surface area (Å²) in [5, 5.41) is 3.01. The lowest BCUT2D eigenvalue weighted by atomic mass is 10.0. The second-order valence-corrected chi connectivity index (χ2v) is 9.26. The minimum Gasteiger partial charge on any atom is -0.347 e. The maximum absolute atomic E-state index is 13.0. The van der Waals surface area contributed by atoms with E-state index in [0.717, 1.165) is 28.5 Å². The first kappa shape index (κ1) is 22.0. The van der Waals surface area contributed by atoms with Crippen LogP contribution in [0.2, 0.25) is 0 Å². The smallest absolute Gasteiger partial charge is 0.244 e. The van der Waals surface area contributed by atoms with Gasteiger partial charge in [-0.2, -0.15) is 0 Å². The Kier molecular flexibility index (Phi) is 6.88. The number of rotatable bonds is 7. The molecule has 2 aromatic rings. The number of hydrogen-bond acceptors (Lipinski definition) is 3. The van der Waals surface area contributed by atoms with Crippen LogP contribution in [0.4, 0.5) is 5.69 Å². The zero-order valence-corrected chi connectivity index (χ0v) is 18.3. The number of anilines is 1.